The van der Waals surface area contributed by atoms with Crippen LogP contribution in [0, 0.1) is 6.92 Å². The van der Waals surface area contributed by atoms with Gasteiger partial charge in [0.1, 0.15) is 27.8 Å². The fourth-order valence-corrected chi connectivity index (χ4v) is 4.12. The Labute approximate surface area is 171 Å². The summed E-state index contributed by atoms with van der Waals surface area (Å²) in [4.78, 5) is 23.4. The number of aryl methyl sites for hydroxylation is 1. The SMILES string of the molecule is Cc1ccc(CNc2c(Nc3ccc(Cl)c(S(=O)(=O)N(C)C)c3O)c(=O)c2=O)o1. The highest BCUT2D eigenvalue weighted by atomic mass is 35.5. The van der Waals surface area contributed by atoms with Crippen LogP contribution in [0.5, 0.6) is 5.75 Å². The zero-order valence-corrected chi connectivity index (χ0v) is 17.3. The topological polar surface area (TPSA) is 129 Å². The molecule has 0 aliphatic carbocycles. The van der Waals surface area contributed by atoms with Gasteiger partial charge in [0, 0.05) is 14.1 Å². The second-order valence-electron chi connectivity index (χ2n) is 6.46. The standard InChI is InChI=1S/C18H18ClN3O6S/c1-9-4-5-10(28-9)8-20-13-14(17(25)16(13)24)21-12-7-6-11(19)18(15(12)23)29(26,27)22(2)3/h4-7,20-21,23H,8H2,1-3H3. The molecule has 1 aromatic heterocycles. The molecule has 1 heterocycles. The van der Waals surface area contributed by atoms with Crippen molar-refractivity contribution in [2.24, 2.45) is 0 Å². The van der Waals surface area contributed by atoms with Crippen LogP contribution in [0.3, 0.4) is 0 Å². The molecule has 0 atom stereocenters. The first kappa shape index (κ1) is 20.9. The molecule has 0 bridgehead atoms. The smallest absolute Gasteiger partial charge is 0.253 e. The lowest BCUT2D eigenvalue weighted by atomic mass is 10.1. The van der Waals surface area contributed by atoms with Gasteiger partial charge in [-0.1, -0.05) is 11.6 Å². The zero-order valence-electron chi connectivity index (χ0n) is 15.7. The van der Waals surface area contributed by atoms with Crippen molar-refractivity contribution in [2.45, 2.75) is 18.4 Å². The third-order valence-corrected chi connectivity index (χ3v) is 6.55. The number of anilines is 3. The third kappa shape index (κ3) is 3.74. The predicted octanol–water partition coefficient (Wildman–Crippen LogP) is 2.15. The first-order valence-corrected chi connectivity index (χ1v) is 10.2. The van der Waals surface area contributed by atoms with Gasteiger partial charge < -0.3 is 20.2 Å². The van der Waals surface area contributed by atoms with Crippen LogP contribution in [0.1, 0.15) is 11.5 Å². The summed E-state index contributed by atoms with van der Waals surface area (Å²) in [7, 11) is -1.47. The Hall–Kier alpha value is -2.82. The van der Waals surface area contributed by atoms with Crippen molar-refractivity contribution in [1.29, 1.82) is 0 Å². The maximum Gasteiger partial charge on any atom is 0.253 e. The Balaban J connectivity index is 1.93. The van der Waals surface area contributed by atoms with Crippen molar-refractivity contribution in [3.05, 3.63) is 61.3 Å². The summed E-state index contributed by atoms with van der Waals surface area (Å²) in [5.74, 6) is 0.605. The summed E-state index contributed by atoms with van der Waals surface area (Å²) in [6.07, 6.45) is 0. The van der Waals surface area contributed by atoms with E-state index >= 15 is 0 Å². The van der Waals surface area contributed by atoms with Gasteiger partial charge in [-0.3, -0.25) is 9.59 Å². The number of hydrogen-bond donors (Lipinski definition) is 3. The van der Waals surface area contributed by atoms with Gasteiger partial charge in [-0.25, -0.2) is 12.7 Å². The van der Waals surface area contributed by atoms with Crippen LogP contribution in [0.25, 0.3) is 0 Å². The molecular weight excluding hydrogens is 422 g/mol. The van der Waals surface area contributed by atoms with Crippen LogP contribution in [0.2, 0.25) is 5.02 Å². The summed E-state index contributed by atoms with van der Waals surface area (Å²) < 4.78 is 31.2. The number of phenols is 1. The number of halogens is 1. The van der Waals surface area contributed by atoms with E-state index < -0.39 is 31.5 Å². The van der Waals surface area contributed by atoms with Gasteiger partial charge in [-0.15, -0.1) is 0 Å². The molecule has 0 amide bonds. The van der Waals surface area contributed by atoms with E-state index in [0.29, 0.717) is 11.5 Å². The number of hydrogen-bond acceptors (Lipinski definition) is 8. The fraction of sp³-hybridized carbons (Fsp3) is 0.222. The van der Waals surface area contributed by atoms with E-state index in [9.17, 15) is 23.1 Å². The minimum Gasteiger partial charge on any atom is -0.504 e. The molecule has 0 aliphatic rings. The molecule has 0 saturated heterocycles. The fourth-order valence-electron chi connectivity index (χ4n) is 2.65. The van der Waals surface area contributed by atoms with Gasteiger partial charge in [-0.05, 0) is 31.2 Å². The summed E-state index contributed by atoms with van der Waals surface area (Å²) in [5.41, 5.74) is -1.70. The molecule has 0 spiro atoms. The first-order chi connectivity index (χ1) is 13.5. The van der Waals surface area contributed by atoms with E-state index in [0.717, 1.165) is 4.31 Å². The van der Waals surface area contributed by atoms with E-state index in [1.165, 1.54) is 26.2 Å². The zero-order chi connectivity index (χ0) is 21.5. The van der Waals surface area contributed by atoms with Crippen molar-refractivity contribution >= 4 is 38.7 Å². The van der Waals surface area contributed by atoms with Crippen LogP contribution < -0.4 is 21.5 Å². The van der Waals surface area contributed by atoms with E-state index in [-0.39, 0.29) is 28.6 Å². The minimum absolute atomic E-state index is 0.00965. The van der Waals surface area contributed by atoms with Gasteiger partial charge in [0.2, 0.25) is 10.0 Å². The molecule has 3 aromatic rings. The number of sulfonamides is 1. The number of phenolic OH excluding ortho intramolecular Hbond substituents is 1. The van der Waals surface area contributed by atoms with E-state index in [2.05, 4.69) is 10.6 Å². The summed E-state index contributed by atoms with van der Waals surface area (Å²) >= 11 is 5.97. The molecule has 9 nitrogen and oxygen atoms in total. The number of rotatable bonds is 7. The van der Waals surface area contributed by atoms with Gasteiger partial charge in [0.05, 0.1) is 17.3 Å². The number of nitrogens with one attached hydrogen (secondary N) is 2. The largest absolute Gasteiger partial charge is 0.504 e. The minimum atomic E-state index is -4.05. The number of furan rings is 1. The Morgan fingerprint density at radius 3 is 2.34 bits per heavy atom. The van der Waals surface area contributed by atoms with Gasteiger partial charge in [-0.2, -0.15) is 0 Å². The summed E-state index contributed by atoms with van der Waals surface area (Å²) in [6.45, 7) is 1.94. The molecular formula is C18H18ClN3O6S. The molecule has 3 rings (SSSR count). The Morgan fingerprint density at radius 1 is 1.10 bits per heavy atom. The summed E-state index contributed by atoms with van der Waals surface area (Å²) in [5, 5.41) is 15.7. The lowest BCUT2D eigenvalue weighted by molar-refractivity contribution is 0.455. The third-order valence-electron chi connectivity index (χ3n) is 4.23. The number of nitrogens with zero attached hydrogens (tertiary/aromatic N) is 1. The molecule has 2 aromatic carbocycles. The molecule has 154 valence electrons. The highest BCUT2D eigenvalue weighted by Crippen LogP contribution is 2.39. The van der Waals surface area contributed by atoms with Crippen LogP contribution in [0.4, 0.5) is 17.1 Å². The highest BCUT2D eigenvalue weighted by Gasteiger charge is 2.28. The van der Waals surface area contributed by atoms with Crippen molar-refractivity contribution in [3.8, 4) is 5.75 Å². The molecule has 3 N–H and O–H groups in total. The lowest BCUT2D eigenvalue weighted by Crippen LogP contribution is -2.36. The lowest BCUT2D eigenvalue weighted by Gasteiger charge is -2.18. The quantitative estimate of drug-likeness (QED) is 0.377. The van der Waals surface area contributed by atoms with Crippen molar-refractivity contribution in [3.63, 3.8) is 0 Å². The second-order valence-corrected chi connectivity index (χ2v) is 8.96. The number of benzene rings is 1. The van der Waals surface area contributed by atoms with E-state index in [1.807, 2.05) is 0 Å². The second kappa shape index (κ2) is 7.54. The molecule has 0 radical (unpaired) electrons. The molecule has 11 heteroatoms. The molecule has 29 heavy (non-hydrogen) atoms. The van der Waals surface area contributed by atoms with Gasteiger partial charge >= 0.3 is 0 Å². The van der Waals surface area contributed by atoms with E-state index in [1.54, 1.807) is 19.1 Å². The monoisotopic (exact) mass is 439 g/mol. The van der Waals surface area contributed by atoms with Crippen LogP contribution in [-0.2, 0) is 16.6 Å². The Bertz CT molecular complexity index is 1260. The molecule has 0 saturated carbocycles. The average molecular weight is 440 g/mol. The van der Waals surface area contributed by atoms with Crippen molar-refractivity contribution in [1.82, 2.24) is 4.31 Å². The normalized spacial score (nSPS) is 11.9. The summed E-state index contributed by atoms with van der Waals surface area (Å²) in [6, 6.07) is 6.06. The van der Waals surface area contributed by atoms with Crippen molar-refractivity contribution < 1.29 is 17.9 Å². The molecule has 0 unspecified atom stereocenters. The maximum atomic E-state index is 12.4. The first-order valence-electron chi connectivity index (χ1n) is 8.37. The van der Waals surface area contributed by atoms with Gasteiger partial charge in [0.15, 0.2) is 5.75 Å². The predicted molar refractivity (Wildman–Crippen MR) is 109 cm³/mol. The Morgan fingerprint density at radius 2 is 1.76 bits per heavy atom. The Kier molecular flexibility index (Phi) is 5.44. The van der Waals surface area contributed by atoms with E-state index in [4.69, 9.17) is 16.0 Å². The average Bonchev–Trinajstić information content (AvgIpc) is 3.07. The molecule has 0 aliphatic heterocycles. The van der Waals surface area contributed by atoms with Crippen LogP contribution in [-0.4, -0.2) is 31.9 Å². The highest BCUT2D eigenvalue weighted by molar-refractivity contribution is 7.89. The number of aromatic hydroxyl groups is 1. The van der Waals surface area contributed by atoms with Crippen LogP contribution in [0.15, 0.2) is 43.2 Å². The van der Waals surface area contributed by atoms with Crippen LogP contribution >= 0.6 is 11.6 Å². The van der Waals surface area contributed by atoms with Gasteiger partial charge in [0.25, 0.3) is 10.9 Å². The molecule has 0 fully saturated rings. The van der Waals surface area contributed by atoms with Crippen molar-refractivity contribution in [2.75, 3.05) is 24.7 Å². The maximum absolute atomic E-state index is 12.4.